The summed E-state index contributed by atoms with van der Waals surface area (Å²) >= 11 is 1.84. The fourth-order valence-electron chi connectivity index (χ4n) is 3.06. The molecule has 1 saturated heterocycles. The maximum absolute atomic E-state index is 12.8. The summed E-state index contributed by atoms with van der Waals surface area (Å²) in [5, 5.41) is 9.56. The zero-order valence-corrected chi connectivity index (χ0v) is 13.8. The number of aromatic nitrogens is 2. The molecule has 2 aromatic rings. The quantitative estimate of drug-likeness (QED) is 0.867. The van der Waals surface area contributed by atoms with Gasteiger partial charge in [0.1, 0.15) is 0 Å². The lowest BCUT2D eigenvalue weighted by Crippen LogP contribution is -2.49. The second-order valence-electron chi connectivity index (χ2n) is 5.97. The van der Waals surface area contributed by atoms with E-state index in [0.29, 0.717) is 5.25 Å². The number of amides is 1. The van der Waals surface area contributed by atoms with Crippen LogP contribution in [0.1, 0.15) is 17.3 Å². The number of thioether (sulfide) groups is 1. The first-order valence-corrected chi connectivity index (χ1v) is 8.78. The van der Waals surface area contributed by atoms with Gasteiger partial charge in [0.2, 0.25) is 0 Å². The number of rotatable bonds is 1. The fraction of sp³-hybridized carbons (Fsp3) is 0.438. The minimum atomic E-state index is 0.0889. The molecule has 120 valence electrons. The summed E-state index contributed by atoms with van der Waals surface area (Å²) in [5.74, 6) is 0.0889. The number of H-pyrrole nitrogens is 1. The van der Waals surface area contributed by atoms with Crippen LogP contribution in [0.15, 0.2) is 29.4 Å². The molecule has 1 N–H and O–H groups in total. The van der Waals surface area contributed by atoms with E-state index in [1.165, 1.54) is 0 Å². The molecule has 23 heavy (non-hydrogen) atoms. The Kier molecular flexibility index (Phi) is 3.72. The van der Waals surface area contributed by atoms with Crippen LogP contribution < -0.4 is 0 Å². The third kappa shape index (κ3) is 2.69. The SMILES string of the molecule is CC1CN=C(N2CCN(C(=O)c3cccc4[nH]ncc34)CC2)S1. The molecule has 1 aromatic carbocycles. The largest absolute Gasteiger partial charge is 0.348 e. The highest BCUT2D eigenvalue weighted by Gasteiger charge is 2.27. The average Bonchev–Trinajstić information content (AvgIpc) is 3.22. The lowest BCUT2D eigenvalue weighted by molar-refractivity contribution is 0.0695. The van der Waals surface area contributed by atoms with Crippen LogP contribution in [0, 0.1) is 0 Å². The third-order valence-electron chi connectivity index (χ3n) is 4.34. The first-order valence-electron chi connectivity index (χ1n) is 7.90. The van der Waals surface area contributed by atoms with Crippen molar-refractivity contribution in [1.29, 1.82) is 0 Å². The van der Waals surface area contributed by atoms with Gasteiger partial charge in [0.15, 0.2) is 5.17 Å². The summed E-state index contributed by atoms with van der Waals surface area (Å²) < 4.78 is 0. The number of hydrogen-bond donors (Lipinski definition) is 1. The third-order valence-corrected chi connectivity index (χ3v) is 5.49. The number of nitrogens with zero attached hydrogens (tertiary/aromatic N) is 4. The molecule has 4 rings (SSSR count). The Labute approximate surface area is 138 Å². The van der Waals surface area contributed by atoms with Crippen LogP contribution in [0.25, 0.3) is 10.9 Å². The topological polar surface area (TPSA) is 64.6 Å². The molecule has 2 aliphatic heterocycles. The summed E-state index contributed by atoms with van der Waals surface area (Å²) in [5.41, 5.74) is 1.63. The first kappa shape index (κ1) is 14.6. The van der Waals surface area contributed by atoms with Crippen LogP contribution in [0.5, 0.6) is 0 Å². The molecule has 0 spiro atoms. The molecule has 0 radical (unpaired) electrons. The number of aromatic amines is 1. The molecule has 1 amide bonds. The summed E-state index contributed by atoms with van der Waals surface area (Å²) in [7, 11) is 0. The predicted molar refractivity (Wildman–Crippen MR) is 92.9 cm³/mol. The number of piperazine rings is 1. The standard InChI is InChI=1S/C16H19N5OS/c1-11-9-17-16(23-11)21-7-5-20(6-8-21)15(22)12-3-2-4-14-13(12)10-18-19-14/h2-4,10-11H,5-9H2,1H3,(H,18,19). The van der Waals surface area contributed by atoms with E-state index < -0.39 is 0 Å². The van der Waals surface area contributed by atoms with Crippen LogP contribution in [-0.4, -0.2) is 69.0 Å². The van der Waals surface area contributed by atoms with Gasteiger partial charge < -0.3 is 9.80 Å². The van der Waals surface area contributed by atoms with Crippen LogP contribution in [0.3, 0.4) is 0 Å². The van der Waals surface area contributed by atoms with Crippen molar-refractivity contribution in [2.24, 2.45) is 4.99 Å². The lowest BCUT2D eigenvalue weighted by atomic mass is 10.1. The molecule has 1 unspecified atom stereocenters. The number of amidine groups is 1. The summed E-state index contributed by atoms with van der Waals surface area (Å²) in [4.78, 5) is 21.6. The molecule has 1 atom stereocenters. The van der Waals surface area contributed by atoms with Gasteiger partial charge in [0.05, 0.1) is 23.8 Å². The van der Waals surface area contributed by atoms with Crippen molar-refractivity contribution in [3.8, 4) is 0 Å². The van der Waals surface area contributed by atoms with Crippen LogP contribution in [0.2, 0.25) is 0 Å². The number of fused-ring (bicyclic) bond motifs is 1. The number of carbonyl (C=O) groups is 1. The molecule has 6 nitrogen and oxygen atoms in total. The molecule has 0 bridgehead atoms. The number of benzene rings is 1. The molecule has 2 aliphatic rings. The van der Waals surface area contributed by atoms with E-state index in [2.05, 4.69) is 27.0 Å². The van der Waals surface area contributed by atoms with E-state index in [-0.39, 0.29) is 5.91 Å². The molecular weight excluding hydrogens is 310 g/mol. The number of aliphatic imine (C=N–C) groups is 1. The van der Waals surface area contributed by atoms with Crippen molar-refractivity contribution in [1.82, 2.24) is 20.0 Å². The first-order chi connectivity index (χ1) is 11.2. The van der Waals surface area contributed by atoms with Crippen molar-refractivity contribution in [2.75, 3.05) is 32.7 Å². The Morgan fingerprint density at radius 2 is 2.13 bits per heavy atom. The maximum Gasteiger partial charge on any atom is 0.254 e. The number of nitrogens with one attached hydrogen (secondary N) is 1. The van der Waals surface area contributed by atoms with E-state index in [4.69, 9.17) is 0 Å². The predicted octanol–water partition coefficient (Wildman–Crippen LogP) is 1.81. The van der Waals surface area contributed by atoms with Gasteiger partial charge in [0.25, 0.3) is 5.91 Å². The smallest absolute Gasteiger partial charge is 0.254 e. The van der Waals surface area contributed by atoms with Gasteiger partial charge in [-0.1, -0.05) is 24.8 Å². The molecule has 7 heteroatoms. The molecule has 0 aliphatic carbocycles. The molecule has 0 saturated carbocycles. The summed E-state index contributed by atoms with van der Waals surface area (Å²) in [6, 6.07) is 5.72. The minimum Gasteiger partial charge on any atom is -0.348 e. The Morgan fingerprint density at radius 1 is 1.30 bits per heavy atom. The lowest BCUT2D eigenvalue weighted by Gasteiger charge is -2.35. The van der Waals surface area contributed by atoms with Gasteiger partial charge in [-0.25, -0.2) is 0 Å². The molecule has 1 fully saturated rings. The molecular formula is C16H19N5OS. The van der Waals surface area contributed by atoms with Gasteiger partial charge in [0, 0.05) is 36.8 Å². The Morgan fingerprint density at radius 3 is 2.87 bits per heavy atom. The second kappa shape index (κ2) is 5.88. The Balaban J connectivity index is 1.46. The maximum atomic E-state index is 12.8. The van der Waals surface area contributed by atoms with Crippen molar-refractivity contribution in [2.45, 2.75) is 12.2 Å². The highest BCUT2D eigenvalue weighted by atomic mass is 32.2. The number of carbonyl (C=O) groups excluding carboxylic acids is 1. The summed E-state index contributed by atoms with van der Waals surface area (Å²) in [6.45, 7) is 6.29. The van der Waals surface area contributed by atoms with Crippen LogP contribution >= 0.6 is 11.8 Å². The molecule has 1 aromatic heterocycles. The monoisotopic (exact) mass is 329 g/mol. The highest BCUT2D eigenvalue weighted by molar-refractivity contribution is 8.14. The second-order valence-corrected chi connectivity index (χ2v) is 7.37. The van der Waals surface area contributed by atoms with E-state index in [0.717, 1.165) is 54.4 Å². The van der Waals surface area contributed by atoms with Crippen LogP contribution in [0.4, 0.5) is 0 Å². The zero-order valence-electron chi connectivity index (χ0n) is 13.0. The zero-order chi connectivity index (χ0) is 15.8. The van der Waals surface area contributed by atoms with E-state index in [1.807, 2.05) is 34.9 Å². The minimum absolute atomic E-state index is 0.0889. The number of hydrogen-bond acceptors (Lipinski definition) is 5. The average molecular weight is 329 g/mol. The van der Waals surface area contributed by atoms with Crippen LogP contribution in [-0.2, 0) is 0 Å². The van der Waals surface area contributed by atoms with Gasteiger partial charge >= 0.3 is 0 Å². The van der Waals surface area contributed by atoms with E-state index >= 15 is 0 Å². The highest BCUT2D eigenvalue weighted by Crippen LogP contribution is 2.24. The normalized spacial score (nSPS) is 21.8. The van der Waals surface area contributed by atoms with Gasteiger partial charge in [-0.2, -0.15) is 5.10 Å². The van der Waals surface area contributed by atoms with Gasteiger partial charge in [-0.3, -0.25) is 14.9 Å². The van der Waals surface area contributed by atoms with Crippen molar-refractivity contribution >= 4 is 33.7 Å². The van der Waals surface area contributed by atoms with Crippen molar-refractivity contribution < 1.29 is 4.79 Å². The molecule has 3 heterocycles. The van der Waals surface area contributed by atoms with Crippen molar-refractivity contribution in [3.05, 3.63) is 30.0 Å². The van der Waals surface area contributed by atoms with E-state index in [9.17, 15) is 4.79 Å². The Bertz CT molecular complexity index is 763. The van der Waals surface area contributed by atoms with Crippen molar-refractivity contribution in [3.63, 3.8) is 0 Å². The van der Waals surface area contributed by atoms with Gasteiger partial charge in [-0.15, -0.1) is 0 Å². The fourth-order valence-corrected chi connectivity index (χ4v) is 4.05. The van der Waals surface area contributed by atoms with E-state index in [1.54, 1.807) is 6.20 Å². The summed E-state index contributed by atoms with van der Waals surface area (Å²) in [6.07, 6.45) is 1.73. The van der Waals surface area contributed by atoms with Gasteiger partial charge in [-0.05, 0) is 12.1 Å². The Hall–Kier alpha value is -2.02.